The number of rotatable bonds is 2. The lowest BCUT2D eigenvalue weighted by Crippen LogP contribution is -2.20. The maximum Gasteiger partial charge on any atom is 0.405 e. The van der Waals surface area contributed by atoms with Crippen LogP contribution in [0, 0.1) is 11.3 Å². The summed E-state index contributed by atoms with van der Waals surface area (Å²) in [7, 11) is 0. The molecule has 0 unspecified atom stereocenters. The highest BCUT2D eigenvalue weighted by atomic mass is 16.4. The minimum Gasteiger partial charge on any atom is -0.465 e. The van der Waals surface area contributed by atoms with Crippen molar-refractivity contribution in [2.45, 2.75) is 6.54 Å². The molecule has 1 rings (SSSR count). The predicted molar refractivity (Wildman–Crippen MR) is 33.9 cm³/mol. The highest BCUT2D eigenvalue weighted by molar-refractivity contribution is 5.64. The molecule has 0 atom stereocenters. The van der Waals surface area contributed by atoms with Crippen molar-refractivity contribution in [1.29, 1.82) is 5.26 Å². The van der Waals surface area contributed by atoms with Crippen molar-refractivity contribution in [3.05, 3.63) is 11.8 Å². The average molecular weight is 168 g/mol. The quantitative estimate of drug-likeness (QED) is 0.627. The van der Waals surface area contributed by atoms with Crippen LogP contribution in [-0.2, 0) is 6.54 Å². The number of nitriles is 1. The largest absolute Gasteiger partial charge is 0.465 e. The van der Waals surface area contributed by atoms with Crippen LogP contribution in [0.5, 0.6) is 0 Å². The Bertz CT molecular complexity index is 326. The molecular formula is C5H4N4O3. The molecule has 12 heavy (non-hydrogen) atoms. The Morgan fingerprint density at radius 2 is 2.50 bits per heavy atom. The smallest absolute Gasteiger partial charge is 0.405 e. The fraction of sp³-hybridized carbons (Fsp3) is 0.200. The van der Waals surface area contributed by atoms with Crippen LogP contribution in [0.25, 0.3) is 0 Å². The first-order valence-corrected chi connectivity index (χ1v) is 2.91. The average Bonchev–Trinajstić information content (AvgIpc) is 2.48. The summed E-state index contributed by atoms with van der Waals surface area (Å²) in [6.07, 6.45) is -1.19. The summed E-state index contributed by atoms with van der Waals surface area (Å²) in [5.41, 5.74) is 0. The van der Waals surface area contributed by atoms with E-state index in [1.165, 1.54) is 0 Å². The second-order valence-corrected chi connectivity index (χ2v) is 1.77. The van der Waals surface area contributed by atoms with Crippen LogP contribution in [0.1, 0.15) is 11.8 Å². The van der Waals surface area contributed by atoms with Gasteiger partial charge < -0.3 is 14.8 Å². The second-order valence-electron chi connectivity index (χ2n) is 1.77. The van der Waals surface area contributed by atoms with E-state index < -0.39 is 6.09 Å². The van der Waals surface area contributed by atoms with E-state index in [0.717, 1.165) is 0 Å². The SMILES string of the molecule is N#Cc1nnc(CNC(=O)O)o1. The van der Waals surface area contributed by atoms with Gasteiger partial charge in [-0.1, -0.05) is 5.10 Å². The van der Waals surface area contributed by atoms with Gasteiger partial charge in [0.2, 0.25) is 5.89 Å². The summed E-state index contributed by atoms with van der Waals surface area (Å²) in [6.45, 7) is -0.0932. The molecule has 0 bridgehead atoms. The maximum absolute atomic E-state index is 9.98. The Hall–Kier alpha value is -2.10. The zero-order valence-electron chi connectivity index (χ0n) is 5.81. The molecule has 0 saturated carbocycles. The van der Waals surface area contributed by atoms with Gasteiger partial charge in [0.1, 0.15) is 0 Å². The van der Waals surface area contributed by atoms with E-state index in [1.807, 2.05) is 5.32 Å². The molecule has 0 fully saturated rings. The second kappa shape index (κ2) is 3.34. The van der Waals surface area contributed by atoms with E-state index >= 15 is 0 Å². The number of hydrogen-bond donors (Lipinski definition) is 2. The molecule has 7 nitrogen and oxygen atoms in total. The van der Waals surface area contributed by atoms with Gasteiger partial charge in [-0.25, -0.2) is 4.79 Å². The molecule has 1 heterocycles. The molecule has 1 aromatic heterocycles. The third-order valence-electron chi connectivity index (χ3n) is 0.953. The van der Waals surface area contributed by atoms with Crippen molar-refractivity contribution in [3.63, 3.8) is 0 Å². The van der Waals surface area contributed by atoms with Crippen molar-refractivity contribution >= 4 is 6.09 Å². The van der Waals surface area contributed by atoms with Gasteiger partial charge in [0.15, 0.2) is 6.07 Å². The minimum absolute atomic E-state index is 0.0638. The molecule has 0 aliphatic carbocycles. The van der Waals surface area contributed by atoms with Gasteiger partial charge >= 0.3 is 12.0 Å². The van der Waals surface area contributed by atoms with E-state index in [1.54, 1.807) is 6.07 Å². The molecule has 7 heteroatoms. The number of carboxylic acid groups (broad SMARTS) is 1. The molecule has 1 aromatic rings. The van der Waals surface area contributed by atoms with Gasteiger partial charge in [-0.2, -0.15) is 5.26 Å². The third-order valence-corrected chi connectivity index (χ3v) is 0.953. The Labute approximate surface area is 66.6 Å². The lowest BCUT2D eigenvalue weighted by atomic mass is 10.6. The topological polar surface area (TPSA) is 112 Å². The summed E-state index contributed by atoms with van der Waals surface area (Å²) in [5.74, 6) is -0.119. The van der Waals surface area contributed by atoms with Crippen LogP contribution in [-0.4, -0.2) is 21.4 Å². The number of nitrogens with one attached hydrogen (secondary N) is 1. The molecule has 0 radical (unpaired) electrons. The van der Waals surface area contributed by atoms with Gasteiger partial charge in [0.05, 0.1) is 6.54 Å². The standard InChI is InChI=1S/C5H4N4O3/c6-1-3-8-9-4(12-3)2-7-5(10)11/h7H,2H2,(H,10,11). The van der Waals surface area contributed by atoms with Gasteiger partial charge in [0, 0.05) is 0 Å². The highest BCUT2D eigenvalue weighted by Gasteiger charge is 2.05. The van der Waals surface area contributed by atoms with E-state index in [-0.39, 0.29) is 18.3 Å². The van der Waals surface area contributed by atoms with Crippen LogP contribution < -0.4 is 5.32 Å². The first-order chi connectivity index (χ1) is 5.72. The summed E-state index contributed by atoms with van der Waals surface area (Å²) >= 11 is 0. The first kappa shape index (κ1) is 8.00. The first-order valence-electron chi connectivity index (χ1n) is 2.91. The van der Waals surface area contributed by atoms with Crippen LogP contribution >= 0.6 is 0 Å². The molecule has 0 spiro atoms. The summed E-state index contributed by atoms with van der Waals surface area (Å²) in [4.78, 5) is 9.98. The lowest BCUT2D eigenvalue weighted by Gasteiger charge is -1.92. The molecule has 1 amide bonds. The number of nitrogens with zero attached hydrogens (tertiary/aromatic N) is 3. The van der Waals surface area contributed by atoms with Crippen LogP contribution in [0.3, 0.4) is 0 Å². The Morgan fingerprint density at radius 1 is 1.75 bits per heavy atom. The maximum atomic E-state index is 9.98. The minimum atomic E-state index is -1.19. The zero-order chi connectivity index (χ0) is 8.97. The van der Waals surface area contributed by atoms with E-state index in [0.29, 0.717) is 0 Å². The van der Waals surface area contributed by atoms with Crippen molar-refractivity contribution in [2.24, 2.45) is 0 Å². The monoisotopic (exact) mass is 168 g/mol. The van der Waals surface area contributed by atoms with Crippen LogP contribution in [0.2, 0.25) is 0 Å². The number of amides is 1. The van der Waals surface area contributed by atoms with Gasteiger partial charge in [-0.15, -0.1) is 5.10 Å². The van der Waals surface area contributed by atoms with E-state index in [2.05, 4.69) is 14.6 Å². The predicted octanol–water partition coefficient (Wildman–Crippen LogP) is -0.291. The highest BCUT2D eigenvalue weighted by Crippen LogP contribution is 1.96. The number of hydrogen-bond acceptors (Lipinski definition) is 5. The van der Waals surface area contributed by atoms with Crippen LogP contribution in [0.4, 0.5) is 4.79 Å². The fourth-order valence-corrected chi connectivity index (χ4v) is 0.521. The van der Waals surface area contributed by atoms with E-state index in [9.17, 15) is 4.79 Å². The number of aromatic nitrogens is 2. The summed E-state index contributed by atoms with van der Waals surface area (Å²) in [5, 5.41) is 25.1. The summed E-state index contributed by atoms with van der Waals surface area (Å²) in [6, 6.07) is 1.62. The molecule has 62 valence electrons. The molecule has 0 aliphatic heterocycles. The Morgan fingerprint density at radius 3 is 3.00 bits per heavy atom. The molecule has 0 aromatic carbocycles. The van der Waals surface area contributed by atoms with Crippen LogP contribution in [0.15, 0.2) is 4.42 Å². The van der Waals surface area contributed by atoms with Gasteiger partial charge in [-0.05, 0) is 0 Å². The van der Waals surface area contributed by atoms with Crippen molar-refractivity contribution in [1.82, 2.24) is 15.5 Å². The Kier molecular flexibility index (Phi) is 2.23. The number of carbonyl (C=O) groups is 1. The zero-order valence-corrected chi connectivity index (χ0v) is 5.81. The molecule has 0 saturated heterocycles. The Balaban J connectivity index is 2.54. The van der Waals surface area contributed by atoms with Crippen molar-refractivity contribution in [2.75, 3.05) is 0 Å². The summed E-state index contributed by atoms with van der Waals surface area (Å²) < 4.78 is 4.67. The van der Waals surface area contributed by atoms with E-state index in [4.69, 9.17) is 10.4 Å². The van der Waals surface area contributed by atoms with Gasteiger partial charge in [-0.3, -0.25) is 0 Å². The molecule has 2 N–H and O–H groups in total. The van der Waals surface area contributed by atoms with Crippen molar-refractivity contribution in [3.8, 4) is 6.07 Å². The third kappa shape index (κ3) is 1.95. The lowest BCUT2D eigenvalue weighted by molar-refractivity contribution is 0.192. The molecule has 0 aliphatic rings. The normalized spacial score (nSPS) is 8.92. The van der Waals surface area contributed by atoms with Gasteiger partial charge in [0.25, 0.3) is 0 Å². The molecular weight excluding hydrogens is 164 g/mol. The van der Waals surface area contributed by atoms with Crippen molar-refractivity contribution < 1.29 is 14.3 Å². The fourth-order valence-electron chi connectivity index (χ4n) is 0.521.